The number of hydrogen-bond acceptors (Lipinski definition) is 8. The number of carboxylic acid groups (broad SMARTS) is 1. The lowest BCUT2D eigenvalue weighted by molar-refractivity contribution is -0.137. The number of aromatic nitrogens is 3. The molecule has 3 rings (SSSR count). The number of hydrogen-bond donors (Lipinski definition) is 3. The molecule has 0 radical (unpaired) electrons. The Bertz CT molecular complexity index is 1430. The zero-order valence-electron chi connectivity index (χ0n) is 20.2. The summed E-state index contributed by atoms with van der Waals surface area (Å²) in [6.07, 6.45) is 3.58. The van der Waals surface area contributed by atoms with Crippen molar-refractivity contribution in [2.75, 3.05) is 23.7 Å². The number of nitrogens with one attached hydrogen (secondary N) is 2. The van der Waals surface area contributed by atoms with E-state index in [0.717, 1.165) is 6.33 Å². The van der Waals surface area contributed by atoms with Gasteiger partial charge in [-0.05, 0) is 17.7 Å². The standard InChI is InChI=1S/C23H23Cl3N6O5S/c1-3-32(4-2)38(36,37)20-9-19(28-12-29-20)30-18(23(34)35)8-13-5-6-17(14(24)7-13)31-22(33)21-15(25)10-27-11-16(21)26/h5-7,9-12,18H,3-4,8H2,1-2H3,(H,31,33)(H,34,35)(H,28,29,30). The molecule has 0 saturated heterocycles. The molecule has 0 aliphatic heterocycles. The van der Waals surface area contributed by atoms with E-state index in [1.54, 1.807) is 19.9 Å². The Labute approximate surface area is 234 Å². The van der Waals surface area contributed by atoms with Crippen LogP contribution < -0.4 is 10.6 Å². The SMILES string of the molecule is CCN(CC)S(=O)(=O)c1cc(NC(Cc2ccc(NC(=O)c3c(Cl)cncc3Cl)c(Cl)c2)C(=O)O)ncn1. The molecule has 1 atom stereocenters. The van der Waals surface area contributed by atoms with E-state index in [1.165, 1.54) is 34.9 Å². The molecule has 2 aromatic heterocycles. The minimum atomic E-state index is -3.86. The summed E-state index contributed by atoms with van der Waals surface area (Å²) >= 11 is 18.4. The molecule has 3 aromatic rings. The van der Waals surface area contributed by atoms with Gasteiger partial charge in [-0.25, -0.2) is 23.2 Å². The van der Waals surface area contributed by atoms with Gasteiger partial charge >= 0.3 is 5.97 Å². The monoisotopic (exact) mass is 600 g/mol. The van der Waals surface area contributed by atoms with Crippen LogP contribution in [0, 0.1) is 0 Å². The Morgan fingerprint density at radius 2 is 1.68 bits per heavy atom. The molecule has 0 fully saturated rings. The van der Waals surface area contributed by atoms with E-state index in [1.807, 2.05) is 0 Å². The molecule has 202 valence electrons. The van der Waals surface area contributed by atoms with E-state index in [4.69, 9.17) is 34.8 Å². The lowest BCUT2D eigenvalue weighted by Gasteiger charge is -2.19. The lowest BCUT2D eigenvalue weighted by atomic mass is 10.1. The third kappa shape index (κ3) is 6.88. The number of pyridine rings is 1. The van der Waals surface area contributed by atoms with Gasteiger partial charge in [0.25, 0.3) is 15.9 Å². The van der Waals surface area contributed by atoms with Crippen molar-refractivity contribution >= 4 is 68.2 Å². The van der Waals surface area contributed by atoms with Gasteiger partial charge in [-0.15, -0.1) is 0 Å². The van der Waals surface area contributed by atoms with E-state index in [-0.39, 0.29) is 56.7 Å². The Kier molecular flexibility index (Phi) is 9.85. The van der Waals surface area contributed by atoms with Gasteiger partial charge in [-0.3, -0.25) is 9.78 Å². The first kappa shape index (κ1) is 29.5. The number of amides is 1. The smallest absolute Gasteiger partial charge is 0.326 e. The molecule has 11 nitrogen and oxygen atoms in total. The molecule has 1 unspecified atom stereocenters. The fourth-order valence-corrected chi connectivity index (χ4v) is 5.64. The van der Waals surface area contributed by atoms with Gasteiger partial charge in [0.2, 0.25) is 0 Å². The van der Waals surface area contributed by atoms with E-state index in [9.17, 15) is 23.1 Å². The van der Waals surface area contributed by atoms with Crippen LogP contribution in [0.2, 0.25) is 15.1 Å². The predicted molar refractivity (Wildman–Crippen MR) is 145 cm³/mol. The van der Waals surface area contributed by atoms with Crippen LogP contribution in [0.25, 0.3) is 0 Å². The van der Waals surface area contributed by atoms with Gasteiger partial charge < -0.3 is 15.7 Å². The quantitative estimate of drug-likeness (QED) is 0.274. The fourth-order valence-electron chi connectivity index (χ4n) is 3.47. The second kappa shape index (κ2) is 12.7. The van der Waals surface area contributed by atoms with Gasteiger partial charge in [-0.1, -0.05) is 54.7 Å². The van der Waals surface area contributed by atoms with Crippen molar-refractivity contribution in [2.45, 2.75) is 31.3 Å². The van der Waals surface area contributed by atoms with Gasteiger partial charge in [0.1, 0.15) is 18.2 Å². The maximum absolute atomic E-state index is 12.8. The molecule has 0 spiro atoms. The molecule has 1 aromatic carbocycles. The first-order valence-corrected chi connectivity index (χ1v) is 13.8. The molecule has 0 bridgehead atoms. The largest absolute Gasteiger partial charge is 0.480 e. The normalized spacial score (nSPS) is 12.3. The highest BCUT2D eigenvalue weighted by Gasteiger charge is 2.25. The van der Waals surface area contributed by atoms with Crippen LogP contribution in [0.4, 0.5) is 11.5 Å². The minimum absolute atomic E-state index is 0.0271. The van der Waals surface area contributed by atoms with E-state index < -0.39 is 27.9 Å². The number of carbonyl (C=O) groups is 2. The zero-order valence-corrected chi connectivity index (χ0v) is 23.2. The number of carbonyl (C=O) groups excluding carboxylic acids is 1. The van der Waals surface area contributed by atoms with E-state index in [0.29, 0.717) is 5.56 Å². The minimum Gasteiger partial charge on any atom is -0.480 e. The van der Waals surface area contributed by atoms with Crippen molar-refractivity contribution in [2.24, 2.45) is 0 Å². The highest BCUT2D eigenvalue weighted by Crippen LogP contribution is 2.28. The van der Waals surface area contributed by atoms with E-state index in [2.05, 4.69) is 25.6 Å². The summed E-state index contributed by atoms with van der Waals surface area (Å²) in [6.45, 7) is 3.91. The van der Waals surface area contributed by atoms with Crippen LogP contribution in [0.1, 0.15) is 29.8 Å². The van der Waals surface area contributed by atoms with Gasteiger partial charge in [0, 0.05) is 38.0 Å². The second-order valence-electron chi connectivity index (χ2n) is 7.82. The highest BCUT2D eigenvalue weighted by molar-refractivity contribution is 7.89. The van der Waals surface area contributed by atoms with Gasteiger partial charge in [0.05, 0.1) is 26.3 Å². The third-order valence-corrected chi connectivity index (χ3v) is 8.21. The maximum Gasteiger partial charge on any atom is 0.326 e. The van der Waals surface area contributed by atoms with Crippen molar-refractivity contribution in [3.8, 4) is 0 Å². The Balaban J connectivity index is 1.77. The van der Waals surface area contributed by atoms with Gasteiger partial charge in [-0.2, -0.15) is 4.31 Å². The van der Waals surface area contributed by atoms with Crippen molar-refractivity contribution in [3.63, 3.8) is 0 Å². The summed E-state index contributed by atoms with van der Waals surface area (Å²) in [6, 6.07) is 4.60. The number of benzene rings is 1. The zero-order chi connectivity index (χ0) is 28.0. The summed E-state index contributed by atoms with van der Waals surface area (Å²) in [5.41, 5.74) is 0.815. The number of anilines is 2. The summed E-state index contributed by atoms with van der Waals surface area (Å²) in [5.74, 6) is -1.77. The van der Waals surface area contributed by atoms with Crippen molar-refractivity contribution in [3.05, 3.63) is 69.2 Å². The number of aliphatic carboxylic acids is 1. The summed E-state index contributed by atoms with van der Waals surface area (Å²) in [5, 5.41) is 15.1. The van der Waals surface area contributed by atoms with Crippen LogP contribution in [-0.2, 0) is 21.2 Å². The molecule has 15 heteroatoms. The van der Waals surface area contributed by atoms with Crippen LogP contribution in [0.5, 0.6) is 0 Å². The molecular formula is C23H23Cl3N6O5S. The van der Waals surface area contributed by atoms with Crippen molar-refractivity contribution < 1.29 is 23.1 Å². The average Bonchev–Trinajstić information content (AvgIpc) is 2.86. The predicted octanol–water partition coefficient (Wildman–Crippen LogP) is 4.22. The number of sulfonamides is 1. The Morgan fingerprint density at radius 1 is 1.03 bits per heavy atom. The molecular weight excluding hydrogens is 579 g/mol. The summed E-state index contributed by atoms with van der Waals surface area (Å²) in [7, 11) is -3.86. The molecule has 1 amide bonds. The lowest BCUT2D eigenvalue weighted by Crippen LogP contribution is -2.33. The molecule has 38 heavy (non-hydrogen) atoms. The molecule has 3 N–H and O–H groups in total. The molecule has 0 aliphatic carbocycles. The van der Waals surface area contributed by atoms with E-state index >= 15 is 0 Å². The number of carboxylic acids is 1. The van der Waals surface area contributed by atoms with Gasteiger partial charge in [0.15, 0.2) is 5.03 Å². The summed E-state index contributed by atoms with van der Waals surface area (Å²) < 4.78 is 26.7. The van der Waals surface area contributed by atoms with Crippen molar-refractivity contribution in [1.82, 2.24) is 19.3 Å². The van der Waals surface area contributed by atoms with Crippen molar-refractivity contribution in [1.29, 1.82) is 0 Å². The number of halogens is 3. The molecule has 0 aliphatic rings. The first-order chi connectivity index (χ1) is 18.0. The average molecular weight is 602 g/mol. The van der Waals surface area contributed by atoms with Crippen LogP contribution >= 0.6 is 34.8 Å². The van der Waals surface area contributed by atoms with Crippen LogP contribution in [0.15, 0.2) is 48.0 Å². The Morgan fingerprint density at radius 3 is 2.26 bits per heavy atom. The first-order valence-electron chi connectivity index (χ1n) is 11.2. The highest BCUT2D eigenvalue weighted by atomic mass is 35.5. The van der Waals surface area contributed by atoms with Crippen LogP contribution in [-0.4, -0.2) is 63.8 Å². The summed E-state index contributed by atoms with van der Waals surface area (Å²) in [4.78, 5) is 36.2. The molecule has 2 heterocycles. The fraction of sp³-hybridized carbons (Fsp3) is 0.261. The Hall–Kier alpha value is -3.03. The molecule has 0 saturated carbocycles. The maximum atomic E-state index is 12.8. The second-order valence-corrected chi connectivity index (χ2v) is 10.9. The topological polar surface area (TPSA) is 154 Å². The number of nitrogens with zero attached hydrogens (tertiary/aromatic N) is 4. The third-order valence-electron chi connectivity index (χ3n) is 5.37. The van der Waals surface area contributed by atoms with Crippen LogP contribution in [0.3, 0.4) is 0 Å². The number of rotatable bonds is 11.